The molecule has 1 aliphatic carbocycles. The average Bonchev–Trinajstić information content (AvgIpc) is 3.39. The Morgan fingerprint density at radius 1 is 1.06 bits per heavy atom. The van der Waals surface area contributed by atoms with Crippen molar-refractivity contribution in [3.8, 4) is 0 Å². The van der Waals surface area contributed by atoms with E-state index in [4.69, 9.17) is 4.74 Å². The number of alkyl halides is 3. The number of halogens is 6. The zero-order valence-corrected chi connectivity index (χ0v) is 19.4. The number of piperidine rings is 1. The highest BCUT2D eigenvalue weighted by atomic mass is 19.4. The van der Waals surface area contributed by atoms with Crippen LogP contribution in [-0.4, -0.2) is 59.3 Å². The van der Waals surface area contributed by atoms with Crippen LogP contribution in [-0.2, 0) is 9.47 Å². The quantitative estimate of drug-likeness (QED) is 0.386. The number of likely N-dealkylation sites (tertiary alicyclic amines) is 1. The molecule has 1 N–H and O–H groups in total. The number of nitrogens with zero attached hydrogens (tertiary/aromatic N) is 2. The minimum atomic E-state index is -4.64. The van der Waals surface area contributed by atoms with Gasteiger partial charge in [-0.3, -0.25) is 5.10 Å². The number of benzene rings is 1. The number of aromatic nitrogens is 2. The van der Waals surface area contributed by atoms with Gasteiger partial charge in [-0.15, -0.1) is 0 Å². The first-order chi connectivity index (χ1) is 17.1. The predicted molar refractivity (Wildman–Crippen MR) is 116 cm³/mol. The molecule has 2 fully saturated rings. The van der Waals surface area contributed by atoms with E-state index in [0.717, 1.165) is 17.8 Å². The molecule has 4 rings (SSSR count). The van der Waals surface area contributed by atoms with Crippen molar-refractivity contribution in [1.29, 1.82) is 0 Å². The summed E-state index contributed by atoms with van der Waals surface area (Å²) in [6, 6.07) is 2.83. The lowest BCUT2D eigenvalue weighted by Crippen LogP contribution is -2.51. The molecule has 1 saturated carbocycles. The van der Waals surface area contributed by atoms with Crippen LogP contribution in [0.2, 0.25) is 0 Å². The van der Waals surface area contributed by atoms with E-state index < -0.39 is 48.3 Å². The van der Waals surface area contributed by atoms with Gasteiger partial charge in [-0.05, 0) is 62.6 Å². The normalized spacial score (nSPS) is 25.1. The summed E-state index contributed by atoms with van der Waals surface area (Å²) in [5.41, 5.74) is 0.483. The Morgan fingerprint density at radius 2 is 1.78 bits per heavy atom. The average molecular weight is 519 g/mol. The molecule has 2 aliphatic rings. The zero-order valence-electron chi connectivity index (χ0n) is 19.4. The van der Waals surface area contributed by atoms with Crippen LogP contribution in [0, 0.1) is 17.5 Å². The smallest absolute Gasteiger partial charge is 0.422 e. The molecule has 198 valence electrons. The van der Waals surface area contributed by atoms with E-state index in [0.29, 0.717) is 38.5 Å². The molecule has 1 amide bonds. The summed E-state index contributed by atoms with van der Waals surface area (Å²) in [6.07, 6.45) is -1.51. The van der Waals surface area contributed by atoms with Crippen molar-refractivity contribution in [3.63, 3.8) is 0 Å². The topological polar surface area (TPSA) is 67.5 Å². The number of H-pyrrole nitrogens is 1. The second kappa shape index (κ2) is 11.1. The van der Waals surface area contributed by atoms with Gasteiger partial charge in [-0.25, -0.2) is 18.0 Å². The highest BCUT2D eigenvalue weighted by Crippen LogP contribution is 2.38. The molecular weight excluding hydrogens is 492 g/mol. The van der Waals surface area contributed by atoms with E-state index in [1.165, 1.54) is 4.90 Å². The molecule has 1 aromatic heterocycles. The number of rotatable bonds is 6. The fraction of sp³-hybridized carbons (Fsp3) is 0.583. The number of carbonyl (C=O) groups is 1. The van der Waals surface area contributed by atoms with Gasteiger partial charge in [0.1, 0.15) is 5.82 Å². The molecule has 2 aromatic rings. The lowest BCUT2D eigenvalue weighted by atomic mass is 9.82. The number of ether oxygens (including phenoxy) is 2. The highest BCUT2D eigenvalue weighted by Gasteiger charge is 2.39. The number of nitrogens with one attached hydrogen (secondary N) is 1. The molecular formula is C24H27F6N3O3. The monoisotopic (exact) mass is 519 g/mol. The summed E-state index contributed by atoms with van der Waals surface area (Å²) in [5, 5.41) is 6.80. The largest absolute Gasteiger partial charge is 0.440 e. The first kappa shape index (κ1) is 26.3. The number of hydrogen-bond donors (Lipinski definition) is 1. The third-order valence-corrected chi connectivity index (χ3v) is 6.96. The minimum Gasteiger partial charge on any atom is -0.440 e. The van der Waals surface area contributed by atoms with Crippen LogP contribution < -0.4 is 0 Å². The SMILES string of the molecule is O=C(OCC(F)(F)F)N1CCCC(c2ccn[nH]2)C1CO[C@H]1CC[C@@H](c2c(F)ccc(F)c2F)CC1. The maximum absolute atomic E-state index is 14.2. The number of amides is 1. The Morgan fingerprint density at radius 3 is 2.44 bits per heavy atom. The van der Waals surface area contributed by atoms with E-state index in [9.17, 15) is 31.1 Å². The molecule has 2 unspecified atom stereocenters. The minimum absolute atomic E-state index is 0.0445. The van der Waals surface area contributed by atoms with Gasteiger partial charge >= 0.3 is 12.3 Å². The Kier molecular flexibility index (Phi) is 8.11. The summed E-state index contributed by atoms with van der Waals surface area (Å²) in [7, 11) is 0. The van der Waals surface area contributed by atoms with Crippen LogP contribution >= 0.6 is 0 Å². The summed E-state index contributed by atoms with van der Waals surface area (Å²) in [5.74, 6) is -3.77. The molecule has 1 saturated heterocycles. The molecule has 0 radical (unpaired) electrons. The molecule has 6 nitrogen and oxygen atoms in total. The van der Waals surface area contributed by atoms with Crippen molar-refractivity contribution in [1.82, 2.24) is 15.1 Å². The van der Waals surface area contributed by atoms with Crippen molar-refractivity contribution in [2.75, 3.05) is 19.8 Å². The lowest BCUT2D eigenvalue weighted by Gasteiger charge is -2.41. The van der Waals surface area contributed by atoms with Gasteiger partial charge in [0.25, 0.3) is 0 Å². The molecule has 2 atom stereocenters. The molecule has 1 aliphatic heterocycles. The number of aromatic amines is 1. The predicted octanol–water partition coefficient (Wildman–Crippen LogP) is 5.82. The Balaban J connectivity index is 1.40. The van der Waals surface area contributed by atoms with E-state index in [1.807, 2.05) is 0 Å². The standard InChI is InChI=1S/C24H27F6N3O3/c25-17-7-8-18(26)22(27)21(17)14-3-5-15(6-4-14)35-12-20-16(19-9-10-31-32-19)2-1-11-33(20)23(34)36-13-24(28,29)30/h7-10,14-16,20H,1-6,11-13H2,(H,31,32)/t14-,15+,16?,20?. The van der Waals surface area contributed by atoms with Gasteiger partial charge in [0.2, 0.25) is 0 Å². The molecule has 36 heavy (non-hydrogen) atoms. The molecule has 12 heteroatoms. The molecule has 1 aromatic carbocycles. The molecule has 0 bridgehead atoms. The van der Waals surface area contributed by atoms with E-state index in [-0.39, 0.29) is 30.7 Å². The summed E-state index contributed by atoms with van der Waals surface area (Å²) < 4.78 is 90.4. The van der Waals surface area contributed by atoms with Crippen LogP contribution in [0.3, 0.4) is 0 Å². The lowest BCUT2D eigenvalue weighted by molar-refractivity contribution is -0.163. The fourth-order valence-electron chi connectivity index (χ4n) is 5.22. The Hall–Kier alpha value is -2.76. The Labute approximate surface area is 203 Å². The Bertz CT molecular complexity index is 1020. The van der Waals surface area contributed by atoms with Gasteiger partial charge in [-0.1, -0.05) is 0 Å². The van der Waals surface area contributed by atoms with Crippen LogP contribution in [0.5, 0.6) is 0 Å². The van der Waals surface area contributed by atoms with Gasteiger partial charge in [0.05, 0.1) is 18.8 Å². The maximum Gasteiger partial charge on any atom is 0.422 e. The van der Waals surface area contributed by atoms with Gasteiger partial charge < -0.3 is 14.4 Å². The van der Waals surface area contributed by atoms with E-state index in [1.54, 1.807) is 12.3 Å². The van der Waals surface area contributed by atoms with Crippen LogP contribution in [0.1, 0.15) is 61.6 Å². The summed E-state index contributed by atoms with van der Waals surface area (Å²) in [4.78, 5) is 13.8. The van der Waals surface area contributed by atoms with Crippen LogP contribution in [0.4, 0.5) is 31.1 Å². The maximum atomic E-state index is 14.2. The van der Waals surface area contributed by atoms with Gasteiger partial charge in [0.15, 0.2) is 18.2 Å². The second-order valence-electron chi connectivity index (χ2n) is 9.26. The first-order valence-electron chi connectivity index (χ1n) is 11.9. The van der Waals surface area contributed by atoms with E-state index >= 15 is 0 Å². The van der Waals surface area contributed by atoms with E-state index in [2.05, 4.69) is 14.9 Å². The van der Waals surface area contributed by atoms with Crippen molar-refractivity contribution >= 4 is 6.09 Å². The van der Waals surface area contributed by atoms with Crippen molar-refractivity contribution in [3.05, 3.63) is 53.1 Å². The number of hydrogen-bond acceptors (Lipinski definition) is 4. The third-order valence-electron chi connectivity index (χ3n) is 6.96. The van der Waals surface area contributed by atoms with Crippen molar-refractivity contribution < 1.29 is 40.6 Å². The third kappa shape index (κ3) is 6.13. The van der Waals surface area contributed by atoms with Crippen molar-refractivity contribution in [2.45, 2.75) is 68.7 Å². The number of carbonyl (C=O) groups excluding carboxylic acids is 1. The molecule has 2 heterocycles. The van der Waals surface area contributed by atoms with Gasteiger partial charge in [0, 0.05) is 29.9 Å². The highest BCUT2D eigenvalue weighted by molar-refractivity contribution is 5.68. The summed E-state index contributed by atoms with van der Waals surface area (Å²) in [6.45, 7) is -1.41. The van der Waals surface area contributed by atoms with Crippen LogP contribution in [0.15, 0.2) is 24.4 Å². The first-order valence-corrected chi connectivity index (χ1v) is 11.9. The van der Waals surface area contributed by atoms with Crippen LogP contribution in [0.25, 0.3) is 0 Å². The fourth-order valence-corrected chi connectivity index (χ4v) is 5.22. The van der Waals surface area contributed by atoms with Crippen molar-refractivity contribution in [2.24, 2.45) is 0 Å². The second-order valence-corrected chi connectivity index (χ2v) is 9.26. The summed E-state index contributed by atoms with van der Waals surface area (Å²) >= 11 is 0. The molecule has 0 spiro atoms. The zero-order chi connectivity index (χ0) is 25.9. The van der Waals surface area contributed by atoms with Gasteiger partial charge in [-0.2, -0.15) is 18.3 Å².